The first kappa shape index (κ1) is 19.7. The van der Waals surface area contributed by atoms with Gasteiger partial charge in [-0.1, -0.05) is 73.7 Å². The molecule has 0 aliphatic carbocycles. The Balaban J connectivity index is 1.51. The first-order valence-corrected chi connectivity index (χ1v) is 11.4. The van der Waals surface area contributed by atoms with Crippen molar-refractivity contribution in [3.8, 4) is 0 Å². The molecule has 0 N–H and O–H groups in total. The van der Waals surface area contributed by atoms with Crippen LogP contribution in [0.1, 0.15) is 30.9 Å². The minimum atomic E-state index is -0.331. The summed E-state index contributed by atoms with van der Waals surface area (Å²) in [5, 5.41) is 0.936. The number of hydrogen-bond acceptors (Lipinski definition) is 4. The van der Waals surface area contributed by atoms with Crippen molar-refractivity contribution in [3.63, 3.8) is 0 Å². The van der Waals surface area contributed by atoms with Crippen LogP contribution in [-0.4, -0.2) is 6.54 Å². The van der Waals surface area contributed by atoms with Crippen LogP contribution < -0.4 is 10.5 Å². The predicted octanol–water partition coefficient (Wildman–Crippen LogP) is 7.37. The van der Waals surface area contributed by atoms with Gasteiger partial charge in [-0.3, -0.25) is 0 Å². The third kappa shape index (κ3) is 3.91. The molecule has 154 valence electrons. The molecule has 0 atom stereocenters. The molecular weight excluding hydrogens is 402 g/mol. The van der Waals surface area contributed by atoms with Crippen molar-refractivity contribution in [1.82, 2.24) is 0 Å². The van der Waals surface area contributed by atoms with Crippen LogP contribution in [0, 0.1) is 0 Å². The largest absolute Gasteiger partial charge is 0.423 e. The summed E-state index contributed by atoms with van der Waals surface area (Å²) in [4.78, 5) is 16.9. The van der Waals surface area contributed by atoms with E-state index in [1.165, 1.54) is 27.6 Å². The molecule has 0 bridgehead atoms. The summed E-state index contributed by atoms with van der Waals surface area (Å²) >= 11 is 1.82. The lowest BCUT2D eigenvalue weighted by atomic mass is 10.1. The van der Waals surface area contributed by atoms with E-state index in [9.17, 15) is 4.79 Å². The predicted molar refractivity (Wildman–Crippen MR) is 130 cm³/mol. The maximum Gasteiger partial charge on any atom is 0.336 e. The molecule has 3 nitrogen and oxygen atoms in total. The van der Waals surface area contributed by atoms with Crippen molar-refractivity contribution >= 4 is 46.3 Å². The summed E-state index contributed by atoms with van der Waals surface area (Å²) in [7, 11) is 0. The number of benzene rings is 3. The standard InChI is InChI=1S/C27H23NO2S/c1-2-3-16-28-22-9-5-7-11-25(22)31-26-17-19(13-15-23(26)28)12-14-20-18-27(29)30-24-10-6-4-8-21(20)24/h4-15,17-18H,2-3,16H2,1H3/b14-12-. The van der Waals surface area contributed by atoms with Crippen LogP contribution in [0.4, 0.5) is 11.4 Å². The van der Waals surface area contributed by atoms with Crippen molar-refractivity contribution in [2.45, 2.75) is 29.6 Å². The first-order chi connectivity index (χ1) is 15.2. The van der Waals surface area contributed by atoms with Crippen LogP contribution >= 0.6 is 11.8 Å². The zero-order chi connectivity index (χ0) is 21.2. The van der Waals surface area contributed by atoms with Crippen molar-refractivity contribution < 1.29 is 4.42 Å². The number of para-hydroxylation sites is 2. The molecule has 0 unspecified atom stereocenters. The number of anilines is 2. The Hall–Kier alpha value is -3.24. The third-order valence-corrected chi connectivity index (χ3v) is 6.64. The molecule has 0 saturated carbocycles. The van der Waals surface area contributed by atoms with Gasteiger partial charge in [0, 0.05) is 27.8 Å². The highest BCUT2D eigenvalue weighted by molar-refractivity contribution is 7.99. The highest BCUT2D eigenvalue weighted by atomic mass is 32.2. The zero-order valence-corrected chi connectivity index (χ0v) is 18.2. The summed E-state index contributed by atoms with van der Waals surface area (Å²) in [5.41, 5.74) is 4.81. The minimum Gasteiger partial charge on any atom is -0.423 e. The molecule has 2 heterocycles. The molecule has 0 radical (unpaired) electrons. The molecule has 0 fully saturated rings. The third-order valence-electron chi connectivity index (χ3n) is 5.52. The van der Waals surface area contributed by atoms with E-state index >= 15 is 0 Å². The van der Waals surface area contributed by atoms with E-state index in [1.807, 2.05) is 42.1 Å². The van der Waals surface area contributed by atoms with Gasteiger partial charge in [0.1, 0.15) is 5.58 Å². The van der Waals surface area contributed by atoms with Crippen molar-refractivity contribution in [2.24, 2.45) is 0 Å². The smallest absolute Gasteiger partial charge is 0.336 e. The van der Waals surface area contributed by atoms with E-state index in [2.05, 4.69) is 60.4 Å². The monoisotopic (exact) mass is 425 g/mol. The van der Waals surface area contributed by atoms with E-state index in [0.717, 1.165) is 29.5 Å². The average molecular weight is 426 g/mol. The van der Waals surface area contributed by atoms with Gasteiger partial charge in [-0.15, -0.1) is 0 Å². The van der Waals surface area contributed by atoms with Gasteiger partial charge in [-0.25, -0.2) is 4.79 Å². The van der Waals surface area contributed by atoms with Crippen LogP contribution in [-0.2, 0) is 0 Å². The second-order valence-electron chi connectivity index (χ2n) is 7.65. The number of nitrogens with zero attached hydrogens (tertiary/aromatic N) is 1. The van der Waals surface area contributed by atoms with Crippen LogP contribution in [0.2, 0.25) is 0 Å². The fourth-order valence-electron chi connectivity index (χ4n) is 3.97. The van der Waals surface area contributed by atoms with Crippen molar-refractivity contribution in [1.29, 1.82) is 0 Å². The van der Waals surface area contributed by atoms with Crippen LogP contribution in [0.15, 0.2) is 91.8 Å². The molecular formula is C27H23NO2S. The summed E-state index contributed by atoms with van der Waals surface area (Å²) < 4.78 is 5.31. The summed E-state index contributed by atoms with van der Waals surface area (Å²) in [6.45, 7) is 3.25. The Kier molecular flexibility index (Phi) is 5.39. The SMILES string of the molecule is CCCCN1c2ccccc2Sc2cc(/C=C\c3cc(=O)oc4ccccc34)ccc21. The minimum absolute atomic E-state index is 0.331. The normalized spacial score (nSPS) is 12.9. The fraction of sp³-hybridized carbons (Fsp3) is 0.148. The van der Waals surface area contributed by atoms with Gasteiger partial charge in [-0.2, -0.15) is 0 Å². The molecule has 1 aliphatic rings. The van der Waals surface area contributed by atoms with Crippen LogP contribution in [0.25, 0.3) is 23.1 Å². The maximum absolute atomic E-state index is 11.9. The molecule has 4 heteroatoms. The lowest BCUT2D eigenvalue weighted by molar-refractivity contribution is 0.560. The van der Waals surface area contributed by atoms with Gasteiger partial charge >= 0.3 is 5.63 Å². The number of fused-ring (bicyclic) bond motifs is 3. The molecule has 31 heavy (non-hydrogen) atoms. The number of hydrogen-bond donors (Lipinski definition) is 0. The van der Waals surface area contributed by atoms with E-state index in [-0.39, 0.29) is 5.63 Å². The molecule has 0 spiro atoms. The Labute approximate surface area is 186 Å². The highest BCUT2D eigenvalue weighted by Gasteiger charge is 2.22. The summed E-state index contributed by atoms with van der Waals surface area (Å²) in [6, 6.07) is 24.4. The number of rotatable bonds is 5. The topological polar surface area (TPSA) is 33.5 Å². The second kappa shape index (κ2) is 8.48. The van der Waals surface area contributed by atoms with Crippen molar-refractivity contribution in [2.75, 3.05) is 11.4 Å². The fourth-order valence-corrected chi connectivity index (χ4v) is 5.12. The molecule has 1 aromatic heterocycles. The molecule has 4 aromatic rings. The van der Waals surface area contributed by atoms with Crippen LogP contribution in [0.3, 0.4) is 0 Å². The molecule has 0 amide bonds. The van der Waals surface area contributed by atoms with E-state index in [4.69, 9.17) is 4.42 Å². The Morgan fingerprint density at radius 2 is 1.71 bits per heavy atom. The van der Waals surface area contributed by atoms with Gasteiger partial charge in [0.25, 0.3) is 0 Å². The molecule has 0 saturated heterocycles. The average Bonchev–Trinajstić information content (AvgIpc) is 2.80. The Bertz CT molecular complexity index is 1340. The second-order valence-corrected chi connectivity index (χ2v) is 8.74. The van der Waals surface area contributed by atoms with Gasteiger partial charge in [0.15, 0.2) is 0 Å². The van der Waals surface area contributed by atoms with Crippen molar-refractivity contribution in [3.05, 3.63) is 94.3 Å². The van der Waals surface area contributed by atoms with Gasteiger partial charge in [-0.05, 0) is 47.9 Å². The van der Waals surface area contributed by atoms with Gasteiger partial charge < -0.3 is 9.32 Å². The highest BCUT2D eigenvalue weighted by Crippen LogP contribution is 2.48. The quantitative estimate of drug-likeness (QED) is 0.313. The van der Waals surface area contributed by atoms with E-state index in [1.54, 1.807) is 6.07 Å². The number of unbranched alkanes of at least 4 members (excludes halogenated alkanes) is 1. The van der Waals surface area contributed by atoms with Gasteiger partial charge in [0.2, 0.25) is 0 Å². The molecule has 3 aromatic carbocycles. The summed E-state index contributed by atoms with van der Waals surface area (Å²) in [5.74, 6) is 0. The van der Waals surface area contributed by atoms with Crippen LogP contribution in [0.5, 0.6) is 0 Å². The zero-order valence-electron chi connectivity index (χ0n) is 17.4. The van der Waals surface area contributed by atoms with E-state index < -0.39 is 0 Å². The lowest BCUT2D eigenvalue weighted by Crippen LogP contribution is -2.21. The first-order valence-electron chi connectivity index (χ1n) is 10.6. The molecule has 1 aliphatic heterocycles. The Morgan fingerprint density at radius 3 is 2.61 bits per heavy atom. The van der Waals surface area contributed by atoms with E-state index in [0.29, 0.717) is 5.58 Å². The summed E-state index contributed by atoms with van der Waals surface area (Å²) in [6.07, 6.45) is 6.39. The van der Waals surface area contributed by atoms with Gasteiger partial charge in [0.05, 0.1) is 11.4 Å². The maximum atomic E-state index is 11.9. The lowest BCUT2D eigenvalue weighted by Gasteiger charge is -2.33. The molecule has 5 rings (SSSR count). The Morgan fingerprint density at radius 1 is 0.903 bits per heavy atom.